The first kappa shape index (κ1) is 18.5. The van der Waals surface area contributed by atoms with Gasteiger partial charge in [0.25, 0.3) is 0 Å². The van der Waals surface area contributed by atoms with Gasteiger partial charge < -0.3 is 9.72 Å². The van der Waals surface area contributed by atoms with Gasteiger partial charge in [-0.1, -0.05) is 0 Å². The summed E-state index contributed by atoms with van der Waals surface area (Å²) < 4.78 is 68.2. The van der Waals surface area contributed by atoms with Crippen molar-refractivity contribution in [2.45, 2.75) is 44.8 Å². The highest BCUT2D eigenvalue weighted by atomic mass is 32.2. The summed E-state index contributed by atoms with van der Waals surface area (Å²) in [6, 6.07) is -2.25. The number of halogens is 3. The van der Waals surface area contributed by atoms with Gasteiger partial charge in [0.2, 0.25) is 10.0 Å². The van der Waals surface area contributed by atoms with Crippen LogP contribution in [-0.4, -0.2) is 38.2 Å². The summed E-state index contributed by atoms with van der Waals surface area (Å²) >= 11 is 0. The molecule has 0 radical (unpaired) electrons. The molecule has 1 aromatic rings. The third kappa shape index (κ3) is 3.80. The number of nitrogens with one attached hydrogen (secondary N) is 2. The zero-order chi connectivity index (χ0) is 17.3. The van der Waals surface area contributed by atoms with E-state index in [0.29, 0.717) is 6.92 Å². The first-order chi connectivity index (χ1) is 9.91. The van der Waals surface area contributed by atoms with Gasteiger partial charge in [0.1, 0.15) is 16.6 Å². The van der Waals surface area contributed by atoms with E-state index in [4.69, 9.17) is 4.74 Å². The van der Waals surface area contributed by atoms with E-state index in [0.717, 1.165) is 0 Å². The molecular formula is C12H17F3N2O4S. The minimum Gasteiger partial charge on any atom is -0.461 e. The fourth-order valence-electron chi connectivity index (χ4n) is 1.90. The zero-order valence-electron chi connectivity index (χ0n) is 12.5. The monoisotopic (exact) mass is 342 g/mol. The number of ether oxygens (including phenoxy) is 1. The molecule has 0 spiro atoms. The third-order valence-electron chi connectivity index (χ3n) is 2.94. The fraction of sp³-hybridized carbons (Fsp3) is 0.583. The lowest BCUT2D eigenvalue weighted by Gasteiger charge is -2.17. The summed E-state index contributed by atoms with van der Waals surface area (Å²) in [5.41, 5.74) is -0.0281. The number of hydrogen-bond acceptors (Lipinski definition) is 4. The summed E-state index contributed by atoms with van der Waals surface area (Å²) in [5.74, 6) is -0.770. The Bertz CT molecular complexity index is 665. The van der Waals surface area contributed by atoms with Crippen molar-refractivity contribution in [1.82, 2.24) is 9.71 Å². The van der Waals surface area contributed by atoms with Crippen LogP contribution in [0.4, 0.5) is 13.2 Å². The van der Waals surface area contributed by atoms with Gasteiger partial charge in [0.15, 0.2) is 0 Å². The number of aromatic nitrogens is 1. The molecule has 10 heteroatoms. The average molecular weight is 342 g/mol. The lowest BCUT2D eigenvalue weighted by molar-refractivity contribution is -0.147. The van der Waals surface area contributed by atoms with Crippen molar-refractivity contribution >= 4 is 16.0 Å². The predicted octanol–water partition coefficient (Wildman–Crippen LogP) is 2.04. The van der Waals surface area contributed by atoms with Gasteiger partial charge in [0, 0.05) is 11.3 Å². The van der Waals surface area contributed by atoms with E-state index in [1.807, 2.05) is 0 Å². The number of H-pyrrole nitrogens is 1. The van der Waals surface area contributed by atoms with Crippen LogP contribution in [0.1, 0.15) is 35.6 Å². The van der Waals surface area contributed by atoms with Crippen molar-refractivity contribution in [3.63, 3.8) is 0 Å². The van der Waals surface area contributed by atoms with Crippen molar-refractivity contribution < 1.29 is 31.1 Å². The molecule has 6 nitrogen and oxygen atoms in total. The van der Waals surface area contributed by atoms with Crippen molar-refractivity contribution in [1.29, 1.82) is 0 Å². The van der Waals surface area contributed by atoms with Crippen LogP contribution < -0.4 is 4.72 Å². The normalized spacial score (nSPS) is 14.0. The van der Waals surface area contributed by atoms with Crippen LogP contribution in [0.3, 0.4) is 0 Å². The van der Waals surface area contributed by atoms with E-state index in [1.54, 1.807) is 11.6 Å². The summed E-state index contributed by atoms with van der Waals surface area (Å²) in [7, 11) is -4.44. The van der Waals surface area contributed by atoms with Crippen LogP contribution in [0.15, 0.2) is 4.90 Å². The zero-order valence-corrected chi connectivity index (χ0v) is 13.3. The van der Waals surface area contributed by atoms with Crippen LogP contribution in [0.25, 0.3) is 0 Å². The molecule has 0 fully saturated rings. The van der Waals surface area contributed by atoms with E-state index in [1.165, 1.54) is 13.8 Å². The smallest absolute Gasteiger partial charge is 0.404 e. The molecule has 0 aliphatic heterocycles. The summed E-state index contributed by atoms with van der Waals surface area (Å²) in [6.45, 7) is 5.03. The molecule has 126 valence electrons. The number of aryl methyl sites for hydroxylation is 1. The Hall–Kier alpha value is -1.55. The molecule has 1 rings (SSSR count). The molecule has 1 aromatic heterocycles. The Labute approximate surface area is 126 Å². The highest BCUT2D eigenvalue weighted by Gasteiger charge is 2.40. The third-order valence-corrected chi connectivity index (χ3v) is 4.75. The highest BCUT2D eigenvalue weighted by Crippen LogP contribution is 2.26. The number of carbonyl (C=O) groups excluding carboxylic acids is 1. The van der Waals surface area contributed by atoms with Gasteiger partial charge in [-0.3, -0.25) is 0 Å². The molecule has 1 atom stereocenters. The minimum atomic E-state index is -4.71. The molecule has 0 bridgehead atoms. The number of rotatable bonds is 5. The van der Waals surface area contributed by atoms with E-state index in [-0.39, 0.29) is 28.5 Å². The second-order valence-electron chi connectivity index (χ2n) is 4.68. The van der Waals surface area contributed by atoms with Gasteiger partial charge in [-0.05, 0) is 27.7 Å². The molecule has 0 saturated heterocycles. The second kappa shape index (κ2) is 6.29. The van der Waals surface area contributed by atoms with Crippen LogP contribution in [0, 0.1) is 13.8 Å². The lowest BCUT2D eigenvalue weighted by Crippen LogP contribution is -2.43. The fourth-order valence-corrected chi connectivity index (χ4v) is 3.58. The quantitative estimate of drug-likeness (QED) is 0.802. The van der Waals surface area contributed by atoms with Crippen LogP contribution in [0.2, 0.25) is 0 Å². The predicted molar refractivity (Wildman–Crippen MR) is 72.1 cm³/mol. The Morgan fingerprint density at radius 2 is 1.91 bits per heavy atom. The number of carbonyl (C=O) groups is 1. The topological polar surface area (TPSA) is 88.3 Å². The van der Waals surface area contributed by atoms with E-state index in [2.05, 4.69) is 4.98 Å². The highest BCUT2D eigenvalue weighted by molar-refractivity contribution is 7.89. The molecule has 0 aromatic carbocycles. The maximum absolute atomic E-state index is 12.5. The average Bonchev–Trinajstić information content (AvgIpc) is 2.63. The molecule has 2 N–H and O–H groups in total. The molecule has 0 aliphatic rings. The van der Waals surface area contributed by atoms with Gasteiger partial charge in [-0.2, -0.15) is 17.9 Å². The van der Waals surface area contributed by atoms with E-state index >= 15 is 0 Å². The summed E-state index contributed by atoms with van der Waals surface area (Å²) in [4.78, 5) is 13.8. The first-order valence-electron chi connectivity index (χ1n) is 6.37. The van der Waals surface area contributed by atoms with Gasteiger partial charge in [-0.15, -0.1) is 0 Å². The number of esters is 1. The summed E-state index contributed by atoms with van der Waals surface area (Å²) in [6.07, 6.45) is -4.71. The van der Waals surface area contributed by atoms with Crippen LogP contribution in [0.5, 0.6) is 0 Å². The molecule has 0 saturated carbocycles. The SMILES string of the molecule is CCOC(=O)c1[nH]c(C)c(S(=O)(=O)N[C@H](C)C(F)(F)F)c1C. The van der Waals surface area contributed by atoms with Gasteiger partial charge in [-0.25, -0.2) is 13.2 Å². The molecular weight excluding hydrogens is 325 g/mol. The Morgan fingerprint density at radius 3 is 2.36 bits per heavy atom. The summed E-state index contributed by atoms with van der Waals surface area (Å²) in [5, 5.41) is 0. The molecule has 0 unspecified atom stereocenters. The molecule has 22 heavy (non-hydrogen) atoms. The lowest BCUT2D eigenvalue weighted by atomic mass is 10.2. The number of sulfonamides is 1. The van der Waals surface area contributed by atoms with Crippen LogP contribution in [-0.2, 0) is 14.8 Å². The van der Waals surface area contributed by atoms with Crippen LogP contribution >= 0.6 is 0 Å². The number of hydrogen-bond donors (Lipinski definition) is 2. The second-order valence-corrected chi connectivity index (χ2v) is 6.34. The Balaban J connectivity index is 3.24. The Morgan fingerprint density at radius 1 is 1.36 bits per heavy atom. The number of aromatic amines is 1. The van der Waals surface area contributed by atoms with Crippen molar-refractivity contribution in [2.75, 3.05) is 6.61 Å². The van der Waals surface area contributed by atoms with Crippen molar-refractivity contribution in [3.8, 4) is 0 Å². The van der Waals surface area contributed by atoms with Gasteiger partial charge >= 0.3 is 12.1 Å². The maximum Gasteiger partial charge on any atom is 0.404 e. The molecule has 0 aliphatic carbocycles. The van der Waals surface area contributed by atoms with Crippen molar-refractivity contribution in [3.05, 3.63) is 17.0 Å². The first-order valence-corrected chi connectivity index (χ1v) is 7.85. The van der Waals surface area contributed by atoms with E-state index < -0.39 is 28.2 Å². The standard InChI is InChI=1S/C12H17F3N2O4S/c1-5-21-11(18)9-6(2)10(7(3)16-9)22(19,20)17-8(4)12(13,14)15/h8,16-17H,5H2,1-4H3/t8-/m1/s1. The molecule has 1 heterocycles. The number of alkyl halides is 3. The van der Waals surface area contributed by atoms with Gasteiger partial charge in [0.05, 0.1) is 6.61 Å². The van der Waals surface area contributed by atoms with Crippen molar-refractivity contribution in [2.24, 2.45) is 0 Å². The largest absolute Gasteiger partial charge is 0.461 e. The van der Waals surface area contributed by atoms with E-state index in [9.17, 15) is 26.4 Å². The molecule has 0 amide bonds. The Kier molecular flexibility index (Phi) is 5.29. The minimum absolute atomic E-state index is 0.0119. The maximum atomic E-state index is 12.5.